The Balaban J connectivity index is 1.85. The van der Waals surface area contributed by atoms with Crippen molar-refractivity contribution < 1.29 is 71.4 Å². The van der Waals surface area contributed by atoms with E-state index in [0.717, 1.165) is 62.1 Å². The Morgan fingerprint density at radius 3 is 2.09 bits per heavy atom. The minimum Gasteiger partial charge on any atom is -0.462 e. The molecule has 1 aromatic rings. The van der Waals surface area contributed by atoms with Gasteiger partial charge in [-0.25, -0.2) is 13.9 Å². The van der Waals surface area contributed by atoms with Crippen LogP contribution >= 0.6 is 15.6 Å². The van der Waals surface area contributed by atoms with E-state index in [0.29, 0.717) is 31.6 Å². The van der Waals surface area contributed by atoms with Crippen molar-refractivity contribution in [2.24, 2.45) is 5.92 Å². The molecule has 2 heterocycles. The Morgan fingerprint density at radius 1 is 0.812 bits per heavy atom. The third-order valence-electron chi connectivity index (χ3n) is 10.3. The monoisotopic (exact) mass is 1010 g/mol. The summed E-state index contributed by atoms with van der Waals surface area (Å²) in [4.78, 5) is 61.7. The maximum absolute atomic E-state index is 12.8. The van der Waals surface area contributed by atoms with Crippen molar-refractivity contribution in [2.75, 3.05) is 25.6 Å². The van der Waals surface area contributed by atoms with Gasteiger partial charge in [0.25, 0.3) is 0 Å². The second-order valence-corrected chi connectivity index (χ2v) is 20.0. The third kappa shape index (κ3) is 29.2. The first-order valence-corrected chi connectivity index (χ1v) is 26.9. The number of esters is 2. The van der Waals surface area contributed by atoms with Crippen LogP contribution in [-0.4, -0.2) is 96.9 Å². The van der Waals surface area contributed by atoms with Crippen LogP contribution in [0.25, 0.3) is 0 Å². The standard InChI is InChI=1S/C48H77N3O16P2/c1-4-5-23-29-39(52)30-25-20-16-11-9-7-6-8-10-12-17-21-26-31-43(53)62-35-40(65-44(54)32-27-22-18-14-13-15-19-24-28-38(2)3)36-63-68(58,59)67-69(60,61)64-37-41-45(55)46(56)47(66-41)51-34-33-42(49)50-48(51)57/h5,7-10,16-17,20-21,23,25,30,33-34,38-41,45-47,52,55-56H,4,6,11-15,18-19,22,24,26-29,31-32,35-37H2,1-3H3,(H,58,59)(H,60,61)(H2,49,50,57)/b9-7-,10-8-,20-16+,21-17-,23-5-,30-25+/t39?,40-,41-,45-,46-,47-/m1/s1. The number of nitrogen functional groups attached to an aromatic ring is 1. The van der Waals surface area contributed by atoms with Gasteiger partial charge in [-0.05, 0) is 56.9 Å². The highest BCUT2D eigenvalue weighted by Crippen LogP contribution is 2.60. The fourth-order valence-electron chi connectivity index (χ4n) is 6.61. The summed E-state index contributed by atoms with van der Waals surface area (Å²) in [6, 6.07) is 1.24. The molecule has 0 saturated carbocycles. The van der Waals surface area contributed by atoms with E-state index in [1.54, 1.807) is 6.08 Å². The number of hydrogen-bond acceptors (Lipinski definition) is 16. The Kier molecular flexibility index (Phi) is 31.3. The molecule has 7 N–H and O–H groups in total. The van der Waals surface area contributed by atoms with Crippen LogP contribution in [0.3, 0.4) is 0 Å². The van der Waals surface area contributed by atoms with Crippen LogP contribution in [0.5, 0.6) is 0 Å². The average molecular weight is 1010 g/mol. The van der Waals surface area contributed by atoms with Crippen LogP contribution < -0.4 is 11.4 Å². The number of phosphoric ester groups is 2. The predicted molar refractivity (Wildman–Crippen MR) is 262 cm³/mol. The molecule has 19 nitrogen and oxygen atoms in total. The number of aromatic nitrogens is 2. The molecular formula is C48H77N3O16P2. The molecule has 1 aliphatic rings. The summed E-state index contributed by atoms with van der Waals surface area (Å²) in [5, 5.41) is 30.7. The average Bonchev–Trinajstić information content (AvgIpc) is 3.56. The minimum absolute atomic E-state index is 0.0167. The number of phosphoric acid groups is 2. The molecule has 0 radical (unpaired) electrons. The molecule has 0 amide bonds. The van der Waals surface area contributed by atoms with Crippen molar-refractivity contribution in [3.8, 4) is 0 Å². The maximum atomic E-state index is 12.8. The van der Waals surface area contributed by atoms with Crippen LogP contribution in [-0.2, 0) is 46.3 Å². The van der Waals surface area contributed by atoms with Gasteiger partial charge in [-0.3, -0.25) is 23.2 Å². The van der Waals surface area contributed by atoms with Crippen molar-refractivity contribution in [2.45, 2.75) is 167 Å². The Hall–Kier alpha value is -3.84. The number of nitrogens with two attached hydrogens (primary N) is 1. The second kappa shape index (κ2) is 35.3. The molecule has 0 bridgehead atoms. The quantitative estimate of drug-likeness (QED) is 0.0120. The lowest BCUT2D eigenvalue weighted by atomic mass is 10.0. The predicted octanol–water partition coefficient (Wildman–Crippen LogP) is 8.16. The Labute approximate surface area is 407 Å². The van der Waals surface area contributed by atoms with Crippen molar-refractivity contribution >= 4 is 33.4 Å². The Bertz CT molecular complexity index is 1970. The first-order chi connectivity index (χ1) is 32.9. The molecule has 1 aromatic heterocycles. The summed E-state index contributed by atoms with van der Waals surface area (Å²) in [7, 11) is -10.9. The van der Waals surface area contributed by atoms with Crippen molar-refractivity contribution in [3.05, 3.63) is 95.7 Å². The van der Waals surface area contributed by atoms with Gasteiger partial charge in [-0.15, -0.1) is 0 Å². The van der Waals surface area contributed by atoms with Gasteiger partial charge in [0.15, 0.2) is 12.3 Å². The Morgan fingerprint density at radius 2 is 1.43 bits per heavy atom. The molecular weight excluding hydrogens is 936 g/mol. The van der Waals surface area contributed by atoms with Crippen LogP contribution in [0, 0.1) is 5.92 Å². The normalized spacial score (nSPS) is 20.5. The zero-order valence-corrected chi connectivity index (χ0v) is 42.1. The van der Waals surface area contributed by atoms with Gasteiger partial charge >= 0.3 is 33.3 Å². The number of unbranched alkanes of at least 4 members (excludes halogenated alkanes) is 7. The number of nitrogens with zero attached hydrogens (tertiary/aromatic N) is 2. The van der Waals surface area contributed by atoms with Crippen LogP contribution in [0.1, 0.15) is 136 Å². The van der Waals surface area contributed by atoms with Crippen LogP contribution in [0.2, 0.25) is 0 Å². The molecule has 21 heteroatoms. The molecule has 0 spiro atoms. The summed E-state index contributed by atoms with van der Waals surface area (Å²) >= 11 is 0. The summed E-state index contributed by atoms with van der Waals surface area (Å²) in [5.74, 6) is -0.731. The number of aliphatic hydroxyl groups is 3. The minimum atomic E-state index is -5.44. The van der Waals surface area contributed by atoms with Crippen LogP contribution in [0.4, 0.5) is 5.82 Å². The topological polar surface area (TPSA) is 286 Å². The molecule has 0 aliphatic carbocycles. The lowest BCUT2D eigenvalue weighted by molar-refractivity contribution is -0.161. The van der Waals surface area contributed by atoms with E-state index in [1.165, 1.54) is 25.3 Å². The number of allylic oxidation sites excluding steroid dienone is 10. The van der Waals surface area contributed by atoms with Gasteiger partial charge in [0.05, 0.1) is 19.3 Å². The molecule has 8 atom stereocenters. The highest BCUT2D eigenvalue weighted by molar-refractivity contribution is 7.61. The molecule has 1 fully saturated rings. The first kappa shape index (κ1) is 61.3. The number of hydrogen-bond donors (Lipinski definition) is 6. The SMILES string of the molecule is CC/C=C\CC(O)/C=C/C=C/C/C=C\C/C=C\C/C=C\CCC(=O)OC[C@H](COP(=O)(O)OP(=O)(O)OC[C@H]1O[C@@H](n2ccc(N)nc2=O)[C@H](O)[C@@H]1O)OC(=O)CCCCCCCCCCC(C)C. The fraction of sp³-hybridized carbons (Fsp3) is 0.625. The van der Waals surface area contributed by atoms with E-state index in [9.17, 15) is 48.6 Å². The van der Waals surface area contributed by atoms with E-state index in [2.05, 4.69) is 23.1 Å². The second-order valence-electron chi connectivity index (χ2n) is 16.9. The molecule has 0 aromatic carbocycles. The molecule has 1 aliphatic heterocycles. The van der Waals surface area contributed by atoms with Gasteiger partial charge in [0, 0.05) is 19.0 Å². The van der Waals surface area contributed by atoms with Crippen molar-refractivity contribution in [1.82, 2.24) is 9.55 Å². The lowest BCUT2D eigenvalue weighted by Gasteiger charge is -2.21. The molecule has 2 rings (SSSR count). The number of ether oxygens (including phenoxy) is 3. The van der Waals surface area contributed by atoms with E-state index in [-0.39, 0.29) is 18.7 Å². The van der Waals surface area contributed by atoms with E-state index in [1.807, 2.05) is 73.8 Å². The van der Waals surface area contributed by atoms with Crippen molar-refractivity contribution in [1.29, 1.82) is 0 Å². The number of aliphatic hydroxyl groups excluding tert-OH is 3. The molecule has 1 saturated heterocycles. The van der Waals surface area contributed by atoms with Crippen LogP contribution in [0.15, 0.2) is 90.0 Å². The van der Waals surface area contributed by atoms with Gasteiger partial charge in [0.1, 0.15) is 30.7 Å². The fourth-order valence-corrected chi connectivity index (χ4v) is 8.72. The lowest BCUT2D eigenvalue weighted by Crippen LogP contribution is -2.36. The smallest absolute Gasteiger partial charge is 0.462 e. The summed E-state index contributed by atoms with van der Waals surface area (Å²) < 4.78 is 56.5. The number of anilines is 1. The number of carbonyl (C=O) groups is 2. The zero-order valence-electron chi connectivity index (χ0n) is 40.4. The van der Waals surface area contributed by atoms with Gasteiger partial charge < -0.3 is 45.1 Å². The third-order valence-corrected chi connectivity index (χ3v) is 12.9. The summed E-state index contributed by atoms with van der Waals surface area (Å²) in [6.45, 7) is 4.08. The highest BCUT2D eigenvalue weighted by atomic mass is 31.3. The van der Waals surface area contributed by atoms with Crippen molar-refractivity contribution in [3.63, 3.8) is 0 Å². The number of rotatable bonds is 37. The van der Waals surface area contributed by atoms with Gasteiger partial charge in [-0.2, -0.15) is 9.29 Å². The number of carbonyl (C=O) groups excluding carboxylic acids is 2. The van der Waals surface area contributed by atoms with E-state index in [4.69, 9.17) is 29.0 Å². The van der Waals surface area contributed by atoms with E-state index < -0.39 is 89.8 Å². The summed E-state index contributed by atoms with van der Waals surface area (Å²) in [5.41, 5.74) is 4.57. The maximum Gasteiger partial charge on any atom is 0.481 e. The zero-order chi connectivity index (χ0) is 50.9. The van der Waals surface area contributed by atoms with Gasteiger partial charge in [-0.1, -0.05) is 145 Å². The molecule has 390 valence electrons. The molecule has 3 unspecified atom stereocenters. The largest absolute Gasteiger partial charge is 0.481 e. The van der Waals surface area contributed by atoms with E-state index >= 15 is 0 Å². The highest BCUT2D eigenvalue weighted by Gasteiger charge is 2.46. The van der Waals surface area contributed by atoms with Gasteiger partial charge in [0.2, 0.25) is 0 Å². The summed E-state index contributed by atoms with van der Waals surface area (Å²) in [6.07, 6.45) is 29.4. The first-order valence-electron chi connectivity index (χ1n) is 23.9. The molecule has 69 heavy (non-hydrogen) atoms.